The van der Waals surface area contributed by atoms with Gasteiger partial charge >= 0.3 is 0 Å². The summed E-state index contributed by atoms with van der Waals surface area (Å²) < 4.78 is 67.7. The lowest BCUT2D eigenvalue weighted by Gasteiger charge is -2.12. The van der Waals surface area contributed by atoms with E-state index in [-0.39, 0.29) is 94.5 Å². The predicted molar refractivity (Wildman–Crippen MR) is 492 cm³/mol. The molecule has 0 aliphatic rings. The third kappa shape index (κ3) is 21.0. The highest BCUT2D eigenvalue weighted by atomic mass is 16.5. The number of nitrogens with zero attached hydrogens (tertiary/aromatic N) is 20. The van der Waals surface area contributed by atoms with Crippen molar-refractivity contribution in [1.82, 2.24) is 99.6 Å². The highest BCUT2D eigenvalue weighted by Crippen LogP contribution is 2.38. The van der Waals surface area contributed by atoms with E-state index in [1.165, 1.54) is 36.9 Å². The van der Waals surface area contributed by atoms with Gasteiger partial charge in [-0.05, 0) is 77.6 Å². The first-order chi connectivity index (χ1) is 62.4. The number of anilines is 8. The molecule has 4 amide bonds. The Kier molecular flexibility index (Phi) is 24.3. The Labute approximate surface area is 745 Å². The van der Waals surface area contributed by atoms with E-state index < -0.39 is 18.9 Å². The molecule has 36 nitrogen and oxygen atoms in total. The quantitative estimate of drug-likeness (QED) is 0.0351. The number of benzene rings is 4. The second kappa shape index (κ2) is 37.0. The molecule has 0 aliphatic carbocycles. The number of carbonyl (C=O) groups is 4. The van der Waals surface area contributed by atoms with Crippen LogP contribution in [-0.4, -0.2) is 123 Å². The molecule has 0 fully saturated rings. The maximum Gasteiger partial charge on any atom is 0.230 e. The molecule has 16 aromatic rings. The van der Waals surface area contributed by atoms with Crippen molar-refractivity contribution in [3.05, 3.63) is 192 Å². The van der Waals surface area contributed by atoms with Crippen LogP contribution in [0.1, 0.15) is 215 Å². The maximum atomic E-state index is 12.5. The maximum absolute atomic E-state index is 12.5. The predicted octanol–water partition coefficient (Wildman–Crippen LogP) is 16.5. The molecule has 0 saturated carbocycles. The van der Waals surface area contributed by atoms with Crippen molar-refractivity contribution in [1.29, 1.82) is 0 Å². The van der Waals surface area contributed by atoms with Crippen LogP contribution < -0.4 is 44.2 Å². The van der Waals surface area contributed by atoms with Crippen LogP contribution in [0.2, 0.25) is 0 Å². The van der Waals surface area contributed by atoms with Crippen molar-refractivity contribution in [3.8, 4) is 45.0 Å². The molecule has 12 N–H and O–H groups in total. The van der Waals surface area contributed by atoms with Gasteiger partial charge in [-0.15, -0.1) is 0 Å². The van der Waals surface area contributed by atoms with Crippen LogP contribution in [-0.2, 0) is 66.5 Å². The van der Waals surface area contributed by atoms with Gasteiger partial charge in [0.2, 0.25) is 23.6 Å². The second-order valence-corrected chi connectivity index (χ2v) is 35.7. The average molecular weight is 1740 g/mol. The summed E-state index contributed by atoms with van der Waals surface area (Å²) in [5, 5.41) is 47.6. The fourth-order valence-electron chi connectivity index (χ4n) is 13.4. The molecule has 4 aromatic carbocycles. The lowest BCUT2D eigenvalue weighted by atomic mass is 9.93. The van der Waals surface area contributed by atoms with E-state index >= 15 is 0 Å². The summed E-state index contributed by atoms with van der Waals surface area (Å²) in [6, 6.07) is 33.8. The van der Waals surface area contributed by atoms with Gasteiger partial charge in [0.15, 0.2) is 45.9 Å². The molecule has 1 unspecified atom stereocenters. The number of fused-ring (bicyclic) bond motifs is 4. The van der Waals surface area contributed by atoms with E-state index in [2.05, 4.69) is 92.0 Å². The third-order valence-corrected chi connectivity index (χ3v) is 20.2. The molecule has 12 heterocycles. The highest BCUT2D eigenvalue weighted by Gasteiger charge is 2.29. The lowest BCUT2D eigenvalue weighted by molar-refractivity contribution is -0.116. The summed E-state index contributed by atoms with van der Waals surface area (Å²) in [7, 11) is 0. The van der Waals surface area contributed by atoms with Crippen molar-refractivity contribution >= 4 is 114 Å². The van der Waals surface area contributed by atoms with Gasteiger partial charge in [0.05, 0.1) is 50.0 Å². The minimum atomic E-state index is -2.67. The molecule has 0 radical (unpaired) electrons. The second-order valence-electron chi connectivity index (χ2n) is 35.7. The molecule has 16 rings (SSSR count). The van der Waals surface area contributed by atoms with Gasteiger partial charge in [-0.25, -0.2) is 58.6 Å². The van der Waals surface area contributed by atoms with Gasteiger partial charge in [-0.2, -0.15) is 20.4 Å². The molecule has 12 aromatic heterocycles. The zero-order valence-corrected chi connectivity index (χ0v) is 74.9. The summed E-state index contributed by atoms with van der Waals surface area (Å²) in [5.74, 6) is 4.79. The van der Waals surface area contributed by atoms with E-state index in [1.54, 1.807) is 62.4 Å². The van der Waals surface area contributed by atoms with E-state index in [9.17, 15) is 19.2 Å². The first-order valence-corrected chi connectivity index (χ1v) is 41.3. The molecular weight excluding hydrogens is 1630 g/mol. The fourth-order valence-corrected chi connectivity index (χ4v) is 13.4. The normalized spacial score (nSPS) is 13.1. The highest BCUT2D eigenvalue weighted by molar-refractivity contribution is 6.02. The van der Waals surface area contributed by atoms with Gasteiger partial charge in [-0.1, -0.05) is 201 Å². The number of nitrogens with two attached hydrogens (primary N) is 4. The van der Waals surface area contributed by atoms with Crippen molar-refractivity contribution < 1.29 is 44.1 Å². The van der Waals surface area contributed by atoms with Crippen LogP contribution in [0.25, 0.3) is 89.2 Å². The average Bonchev–Trinajstić information content (AvgIpc) is 1.59. The molecule has 36 heteroatoms. The zero-order chi connectivity index (χ0) is 96.5. The van der Waals surface area contributed by atoms with E-state index in [4.69, 9.17) is 58.1 Å². The Morgan fingerprint density at radius 1 is 0.336 bits per heavy atom. The minimum Gasteiger partial charge on any atom is -0.383 e. The first-order valence-electron chi connectivity index (χ1n) is 43.8. The van der Waals surface area contributed by atoms with E-state index in [0.717, 1.165) is 65.8 Å². The van der Waals surface area contributed by atoms with E-state index in [1.807, 2.05) is 193 Å². The van der Waals surface area contributed by atoms with Crippen molar-refractivity contribution in [2.45, 2.75) is 210 Å². The Balaban J connectivity index is 0.000000151. The fraction of sp³-hybridized carbons (Fsp3) is 0.348. The van der Waals surface area contributed by atoms with Crippen molar-refractivity contribution in [2.75, 3.05) is 44.2 Å². The Bertz CT molecular complexity index is 6710. The Morgan fingerprint density at radius 3 is 0.742 bits per heavy atom. The number of aromatic nitrogens is 20. The molecule has 128 heavy (non-hydrogen) atoms. The smallest absolute Gasteiger partial charge is 0.230 e. The lowest BCUT2D eigenvalue weighted by Crippen LogP contribution is -2.14. The molecule has 1 atom stereocenters. The number of amides is 4. The largest absolute Gasteiger partial charge is 0.383 e. The number of rotatable bonds is 20. The van der Waals surface area contributed by atoms with Gasteiger partial charge in [0, 0.05) is 96.4 Å². The third-order valence-electron chi connectivity index (χ3n) is 20.2. The standard InChI is InChI=1S/4C23H27N7O2/c4*1-13(2)30-22-19(21(24)25-12-26-22)20(28-30)15-8-6-14(7-9-15)10-18(31)27-17-11-16(32-29-17)23(3,4)5/h4*6-9,11-13H,10H2,1-5H3,(H2,24,25,26)(H,27,29,31)/i1D3,13D;13D;;. The van der Waals surface area contributed by atoms with Gasteiger partial charge in [-0.3, -0.25) is 19.2 Å². The number of carbonyl (C=O) groups excluding carboxylic acids is 4. The minimum absolute atomic E-state index is 0.0995. The number of hydrogen-bond donors (Lipinski definition) is 8. The summed E-state index contributed by atoms with van der Waals surface area (Å²) in [6.07, 6.45) is 6.17. The summed E-state index contributed by atoms with van der Waals surface area (Å²) in [6.45, 7) is 34.3. The van der Waals surface area contributed by atoms with Crippen LogP contribution in [0.4, 0.5) is 46.5 Å². The molecular formula is C92H108N28O8. The monoisotopic (exact) mass is 1740 g/mol. The van der Waals surface area contributed by atoms with Gasteiger partial charge in [0.25, 0.3) is 0 Å². The SMILES string of the molecule is CC(C)n1nc(-c2ccc(CC(=O)Nc3cc(C(C)(C)C)on3)cc2)c2c(N)ncnc21.CC(C)n1nc(-c2ccc(CC(=O)Nc3cc(C(C)(C)C)on3)cc2)c2c(N)ncnc21.[2H]C(C)(C)n1nc(-c2ccc(CC(=O)Nc3cc(C(C)(C)C)on3)cc2)c2c(N)ncnc21.[2H]C([2H])([2H])C([2H])(C)n1nc(-c2ccc(CC(=O)Nc3cc(C(C)(C)C)on3)cc2)c2c(N)ncnc21. The van der Waals surface area contributed by atoms with Crippen molar-refractivity contribution in [3.63, 3.8) is 0 Å². The van der Waals surface area contributed by atoms with Gasteiger partial charge < -0.3 is 62.3 Å². The summed E-state index contributed by atoms with van der Waals surface area (Å²) in [5.41, 5.74) is 34.6. The van der Waals surface area contributed by atoms with Crippen molar-refractivity contribution in [2.24, 2.45) is 0 Å². The number of nitrogen functional groups attached to an aromatic ring is 4. The molecule has 0 aliphatic heterocycles. The first kappa shape index (κ1) is 83.9. The van der Waals surface area contributed by atoms with Gasteiger partial charge in [0.1, 0.15) is 94.4 Å². The van der Waals surface area contributed by atoms with Crippen LogP contribution in [0.5, 0.6) is 0 Å². The zero-order valence-electron chi connectivity index (χ0n) is 79.9. The van der Waals surface area contributed by atoms with Crippen LogP contribution in [0.3, 0.4) is 0 Å². The molecule has 0 spiro atoms. The Hall–Kier alpha value is -15.0. The molecule has 0 bridgehead atoms. The molecule has 0 saturated heterocycles. The van der Waals surface area contributed by atoms with Crippen LogP contribution in [0.15, 0.2) is 165 Å². The summed E-state index contributed by atoms with van der Waals surface area (Å²) in [4.78, 5) is 83.4. The molecule has 664 valence electrons. The topological polar surface area (TPSA) is 499 Å². The number of hydrogen-bond acceptors (Lipinski definition) is 28. The Morgan fingerprint density at radius 2 is 0.547 bits per heavy atom. The van der Waals surface area contributed by atoms with E-state index in [0.29, 0.717) is 108 Å². The number of nitrogens with one attached hydrogen (secondary N) is 4. The summed E-state index contributed by atoms with van der Waals surface area (Å²) >= 11 is 0. The van der Waals surface area contributed by atoms with Crippen LogP contribution in [0, 0.1) is 0 Å². The van der Waals surface area contributed by atoms with Crippen LogP contribution >= 0.6 is 0 Å².